The summed E-state index contributed by atoms with van der Waals surface area (Å²) in [6.45, 7) is 1.41. The maximum absolute atomic E-state index is 10.7. The second-order valence-corrected chi connectivity index (χ2v) is 10.4. The molecule has 0 heterocycles. The molecule has 0 aliphatic rings. The molecule has 0 aliphatic heterocycles. The highest BCUT2D eigenvalue weighted by molar-refractivity contribution is 5.76. The number of ether oxygens (including phenoxy) is 2. The van der Waals surface area contributed by atoms with E-state index in [0.29, 0.717) is 24.5 Å². The maximum atomic E-state index is 10.7. The summed E-state index contributed by atoms with van der Waals surface area (Å²) < 4.78 is 11.5. The van der Waals surface area contributed by atoms with Gasteiger partial charge in [0.05, 0.1) is 19.8 Å². The lowest BCUT2D eigenvalue weighted by atomic mass is 10.0. The van der Waals surface area contributed by atoms with Crippen LogP contribution >= 0.6 is 0 Å². The third-order valence-corrected chi connectivity index (χ3v) is 7.33. The summed E-state index contributed by atoms with van der Waals surface area (Å²) in [6, 6.07) is 40.1. The lowest BCUT2D eigenvalue weighted by Gasteiger charge is -2.16. The molecule has 0 saturated heterocycles. The molecule has 1 atom stereocenters. The minimum Gasteiger partial charge on any atom is -0.496 e. The molecule has 220 valence electrons. The quantitative estimate of drug-likeness (QED) is 0.107. The van der Waals surface area contributed by atoms with Gasteiger partial charge >= 0.3 is 0 Å². The summed E-state index contributed by atoms with van der Waals surface area (Å²) in [5.74, 6) is 1.46. The van der Waals surface area contributed by atoms with Gasteiger partial charge in [-0.15, -0.1) is 0 Å². The molecule has 5 rings (SSSR count). The number of benzene rings is 5. The van der Waals surface area contributed by atoms with Crippen molar-refractivity contribution in [2.75, 3.05) is 25.5 Å². The van der Waals surface area contributed by atoms with Crippen LogP contribution < -0.4 is 20.1 Å². The normalized spacial score (nSPS) is 11.6. The monoisotopic (exact) mass is 574 g/mol. The van der Waals surface area contributed by atoms with Crippen LogP contribution in [0.15, 0.2) is 121 Å². The Labute approximate surface area is 253 Å². The zero-order valence-corrected chi connectivity index (χ0v) is 24.4. The zero-order valence-electron chi connectivity index (χ0n) is 24.4. The highest BCUT2D eigenvalue weighted by atomic mass is 16.5. The predicted molar refractivity (Wildman–Crippen MR) is 173 cm³/mol. The van der Waals surface area contributed by atoms with E-state index in [0.717, 1.165) is 52.3 Å². The first kappa shape index (κ1) is 29.9. The number of aliphatic hydroxyl groups excluding tert-OH is 2. The third-order valence-electron chi connectivity index (χ3n) is 7.33. The van der Waals surface area contributed by atoms with Gasteiger partial charge in [0.15, 0.2) is 0 Å². The summed E-state index contributed by atoms with van der Waals surface area (Å²) in [5, 5.41) is 27.4. The fourth-order valence-corrected chi connectivity index (χ4v) is 4.95. The van der Waals surface area contributed by atoms with Crippen LogP contribution in [0.4, 0.5) is 11.4 Å². The van der Waals surface area contributed by atoms with Gasteiger partial charge in [-0.25, -0.2) is 0 Å². The molecule has 0 fully saturated rings. The van der Waals surface area contributed by atoms with Crippen molar-refractivity contribution in [1.82, 2.24) is 5.32 Å². The summed E-state index contributed by atoms with van der Waals surface area (Å²) in [4.78, 5) is 0. The van der Waals surface area contributed by atoms with E-state index in [2.05, 4.69) is 53.1 Å². The van der Waals surface area contributed by atoms with Crippen LogP contribution in [-0.4, -0.2) is 30.4 Å². The molecule has 0 bridgehead atoms. The summed E-state index contributed by atoms with van der Waals surface area (Å²) >= 11 is 0. The molecule has 0 aliphatic carbocycles. The Hall–Kier alpha value is -4.62. The smallest absolute Gasteiger partial charge is 0.126 e. The van der Waals surface area contributed by atoms with Crippen molar-refractivity contribution < 1.29 is 19.7 Å². The molecule has 6 nitrogen and oxygen atoms in total. The van der Waals surface area contributed by atoms with Crippen LogP contribution in [0.25, 0.3) is 11.1 Å². The topological polar surface area (TPSA) is 83.0 Å². The van der Waals surface area contributed by atoms with Gasteiger partial charge in [0, 0.05) is 29.0 Å². The first-order valence-electron chi connectivity index (χ1n) is 14.5. The SMILES string of the molecule is COc1ccc(Nc2ccc(CCNC[C@H](O)c3ccc(OCc4ccccc4)c(CO)c3)cc2)cc1-c1ccccc1. The van der Waals surface area contributed by atoms with Crippen molar-refractivity contribution in [2.45, 2.75) is 25.7 Å². The van der Waals surface area contributed by atoms with Gasteiger partial charge in [-0.3, -0.25) is 0 Å². The van der Waals surface area contributed by atoms with E-state index in [9.17, 15) is 10.2 Å². The Morgan fingerprint density at radius 3 is 2.14 bits per heavy atom. The zero-order chi connectivity index (χ0) is 29.9. The molecule has 0 unspecified atom stereocenters. The first-order chi connectivity index (χ1) is 21.1. The molecular weight excluding hydrogens is 536 g/mol. The molecule has 0 spiro atoms. The van der Waals surface area contributed by atoms with E-state index in [1.807, 2.05) is 78.9 Å². The van der Waals surface area contributed by atoms with Gasteiger partial charge in [0.1, 0.15) is 18.1 Å². The van der Waals surface area contributed by atoms with Gasteiger partial charge in [-0.1, -0.05) is 78.9 Å². The Kier molecular flexibility index (Phi) is 10.4. The van der Waals surface area contributed by atoms with Crippen molar-refractivity contribution in [3.8, 4) is 22.6 Å². The molecule has 6 heteroatoms. The van der Waals surface area contributed by atoms with Crippen LogP contribution in [0.1, 0.15) is 28.4 Å². The standard InChI is InChI=1S/C37H38N2O4/c1-42-37-19-17-33(23-34(37)29-10-6-3-7-11-29)39-32-15-12-27(13-16-32)20-21-38-24-35(41)30-14-18-36(31(22-30)25-40)43-26-28-8-4-2-5-9-28/h2-19,22-23,35,38-41H,20-21,24-26H2,1H3/t35-/m0/s1. The van der Waals surface area contributed by atoms with E-state index in [4.69, 9.17) is 9.47 Å². The molecule has 43 heavy (non-hydrogen) atoms. The van der Waals surface area contributed by atoms with Gasteiger partial charge in [-0.05, 0) is 77.7 Å². The Morgan fingerprint density at radius 2 is 1.42 bits per heavy atom. The first-order valence-corrected chi connectivity index (χ1v) is 14.5. The molecule has 0 radical (unpaired) electrons. The molecular formula is C37H38N2O4. The van der Waals surface area contributed by atoms with Gasteiger partial charge in [0.2, 0.25) is 0 Å². The fraction of sp³-hybridized carbons (Fsp3) is 0.189. The highest BCUT2D eigenvalue weighted by Crippen LogP contribution is 2.33. The van der Waals surface area contributed by atoms with Gasteiger partial charge in [0.25, 0.3) is 0 Å². The lowest BCUT2D eigenvalue weighted by molar-refractivity contribution is 0.174. The van der Waals surface area contributed by atoms with E-state index in [1.165, 1.54) is 5.56 Å². The lowest BCUT2D eigenvalue weighted by Crippen LogP contribution is -2.23. The van der Waals surface area contributed by atoms with Crippen LogP contribution in [0, 0.1) is 0 Å². The molecule has 0 amide bonds. The number of hydrogen-bond donors (Lipinski definition) is 4. The number of rotatable bonds is 14. The van der Waals surface area contributed by atoms with E-state index in [1.54, 1.807) is 7.11 Å². The fourth-order valence-electron chi connectivity index (χ4n) is 4.95. The number of anilines is 2. The molecule has 5 aromatic carbocycles. The highest BCUT2D eigenvalue weighted by Gasteiger charge is 2.12. The number of methoxy groups -OCH3 is 1. The van der Waals surface area contributed by atoms with E-state index >= 15 is 0 Å². The Bertz CT molecular complexity index is 1570. The van der Waals surface area contributed by atoms with Crippen LogP contribution in [0.3, 0.4) is 0 Å². The summed E-state index contributed by atoms with van der Waals surface area (Å²) in [7, 11) is 1.69. The molecule has 0 saturated carbocycles. The van der Waals surface area contributed by atoms with Crippen molar-refractivity contribution in [1.29, 1.82) is 0 Å². The van der Waals surface area contributed by atoms with Crippen LogP contribution in [0.5, 0.6) is 11.5 Å². The largest absolute Gasteiger partial charge is 0.496 e. The minimum absolute atomic E-state index is 0.157. The van der Waals surface area contributed by atoms with Crippen molar-refractivity contribution in [2.24, 2.45) is 0 Å². The number of aliphatic hydroxyl groups is 2. The summed E-state index contributed by atoms with van der Waals surface area (Å²) in [6.07, 6.45) is 0.146. The second-order valence-electron chi connectivity index (χ2n) is 10.4. The minimum atomic E-state index is -0.690. The Balaban J connectivity index is 1.10. The van der Waals surface area contributed by atoms with Crippen molar-refractivity contribution in [3.63, 3.8) is 0 Å². The molecule has 5 aromatic rings. The van der Waals surface area contributed by atoms with Gasteiger partial charge < -0.3 is 30.3 Å². The number of hydrogen-bond acceptors (Lipinski definition) is 6. The average molecular weight is 575 g/mol. The van der Waals surface area contributed by atoms with Crippen LogP contribution in [0.2, 0.25) is 0 Å². The third kappa shape index (κ3) is 8.23. The van der Waals surface area contributed by atoms with E-state index < -0.39 is 6.10 Å². The van der Waals surface area contributed by atoms with Crippen LogP contribution in [-0.2, 0) is 19.6 Å². The molecule has 0 aromatic heterocycles. The van der Waals surface area contributed by atoms with Gasteiger partial charge in [-0.2, -0.15) is 0 Å². The Morgan fingerprint density at radius 1 is 0.721 bits per heavy atom. The average Bonchev–Trinajstić information content (AvgIpc) is 3.07. The predicted octanol–water partition coefficient (Wildman–Crippen LogP) is 7.04. The van der Waals surface area contributed by atoms with Crippen molar-refractivity contribution >= 4 is 11.4 Å². The number of nitrogens with one attached hydrogen (secondary N) is 2. The maximum Gasteiger partial charge on any atom is 0.126 e. The molecule has 4 N–H and O–H groups in total. The summed E-state index contributed by atoms with van der Waals surface area (Å²) in [5.41, 5.74) is 7.80. The van der Waals surface area contributed by atoms with Crippen molar-refractivity contribution in [3.05, 3.63) is 144 Å². The second kappa shape index (κ2) is 15.0. The van der Waals surface area contributed by atoms with E-state index in [-0.39, 0.29) is 6.61 Å².